The Kier molecular flexibility index (Phi) is 6.49. The van der Waals surface area contributed by atoms with Gasteiger partial charge in [0.05, 0.1) is 18.2 Å². The van der Waals surface area contributed by atoms with Gasteiger partial charge in [-0.25, -0.2) is 0 Å². The largest absolute Gasteiger partial charge is 0.350 e. The van der Waals surface area contributed by atoms with Crippen molar-refractivity contribution in [3.05, 3.63) is 30.1 Å². The highest BCUT2D eigenvalue weighted by Gasteiger charge is 2.38. The summed E-state index contributed by atoms with van der Waals surface area (Å²) in [6.07, 6.45) is 4.17. The number of nitrogens with one attached hydrogen (secondary N) is 1. The zero-order valence-electron chi connectivity index (χ0n) is 16.2. The number of amides is 1. The molecule has 2 fully saturated rings. The molecule has 2 aliphatic rings. The van der Waals surface area contributed by atoms with Crippen LogP contribution in [0.25, 0.3) is 0 Å². The summed E-state index contributed by atoms with van der Waals surface area (Å²) in [6.45, 7) is 6.45. The lowest BCUT2D eigenvalue weighted by molar-refractivity contribution is -0.126. The lowest BCUT2D eigenvalue weighted by atomic mass is 9.94. The van der Waals surface area contributed by atoms with Crippen LogP contribution in [0.2, 0.25) is 0 Å². The molecule has 1 aromatic heterocycles. The summed E-state index contributed by atoms with van der Waals surface area (Å²) in [6, 6.07) is 5.57. The van der Waals surface area contributed by atoms with Gasteiger partial charge in [-0.1, -0.05) is 19.9 Å². The molecule has 1 amide bonds. The van der Waals surface area contributed by atoms with Crippen molar-refractivity contribution in [2.24, 2.45) is 17.8 Å². The summed E-state index contributed by atoms with van der Waals surface area (Å²) in [5.74, 6) is 0.328. The van der Waals surface area contributed by atoms with Gasteiger partial charge in [0.25, 0.3) is 10.2 Å². The highest BCUT2D eigenvalue weighted by atomic mass is 32.2. The van der Waals surface area contributed by atoms with E-state index >= 15 is 0 Å². The van der Waals surface area contributed by atoms with Gasteiger partial charge in [0.1, 0.15) is 0 Å². The van der Waals surface area contributed by atoms with Crippen molar-refractivity contribution in [1.29, 1.82) is 0 Å². The molecule has 1 N–H and O–H groups in total. The Morgan fingerprint density at radius 1 is 1.19 bits per heavy atom. The normalized spacial score (nSPS) is 28.0. The Morgan fingerprint density at radius 2 is 1.93 bits per heavy atom. The summed E-state index contributed by atoms with van der Waals surface area (Å²) < 4.78 is 29.3. The van der Waals surface area contributed by atoms with Crippen LogP contribution in [0.3, 0.4) is 0 Å². The van der Waals surface area contributed by atoms with E-state index in [0.717, 1.165) is 12.1 Å². The third-order valence-corrected chi connectivity index (χ3v) is 7.35. The first-order chi connectivity index (χ1) is 12.9. The average molecular weight is 395 g/mol. The molecule has 27 heavy (non-hydrogen) atoms. The first-order valence-electron chi connectivity index (χ1n) is 9.79. The van der Waals surface area contributed by atoms with Crippen molar-refractivity contribution in [2.45, 2.75) is 39.7 Å². The molecule has 2 saturated heterocycles. The molecular weight excluding hydrogens is 364 g/mol. The van der Waals surface area contributed by atoms with E-state index in [0.29, 0.717) is 50.9 Å². The van der Waals surface area contributed by atoms with Crippen molar-refractivity contribution >= 4 is 16.1 Å². The molecular formula is C19H30N4O3S. The van der Waals surface area contributed by atoms with Crippen LogP contribution in [0.5, 0.6) is 0 Å². The zero-order chi connectivity index (χ0) is 19.4. The van der Waals surface area contributed by atoms with Crippen LogP contribution in [0.15, 0.2) is 24.4 Å². The van der Waals surface area contributed by atoms with Gasteiger partial charge in [-0.3, -0.25) is 9.78 Å². The van der Waals surface area contributed by atoms with E-state index in [1.54, 1.807) is 10.5 Å². The number of pyridine rings is 1. The third-order valence-electron chi connectivity index (χ3n) is 5.41. The Balaban J connectivity index is 1.60. The van der Waals surface area contributed by atoms with Crippen molar-refractivity contribution < 1.29 is 13.2 Å². The highest BCUT2D eigenvalue weighted by molar-refractivity contribution is 7.86. The van der Waals surface area contributed by atoms with E-state index in [2.05, 4.69) is 24.1 Å². The van der Waals surface area contributed by atoms with Crippen LogP contribution < -0.4 is 5.32 Å². The lowest BCUT2D eigenvalue weighted by Gasteiger charge is -2.39. The molecule has 150 valence electrons. The lowest BCUT2D eigenvalue weighted by Crippen LogP contribution is -2.53. The second-order valence-electron chi connectivity index (χ2n) is 8.01. The van der Waals surface area contributed by atoms with E-state index < -0.39 is 10.2 Å². The van der Waals surface area contributed by atoms with Crippen LogP contribution in [0, 0.1) is 17.8 Å². The molecule has 3 rings (SSSR count). The van der Waals surface area contributed by atoms with Crippen LogP contribution in [0.4, 0.5) is 0 Å². The monoisotopic (exact) mass is 394 g/mol. The fourth-order valence-corrected chi connectivity index (χ4v) is 6.09. The molecule has 1 aromatic rings. The molecule has 0 aliphatic carbocycles. The van der Waals surface area contributed by atoms with Gasteiger partial charge in [-0.05, 0) is 43.2 Å². The molecule has 0 aromatic carbocycles. The third kappa shape index (κ3) is 5.06. The number of piperidine rings is 2. The Hall–Kier alpha value is -1.51. The van der Waals surface area contributed by atoms with E-state index in [-0.39, 0.29) is 18.4 Å². The van der Waals surface area contributed by atoms with Crippen molar-refractivity contribution in [2.75, 3.05) is 26.2 Å². The minimum atomic E-state index is -3.51. The van der Waals surface area contributed by atoms with Crippen LogP contribution in [0.1, 0.15) is 38.8 Å². The zero-order valence-corrected chi connectivity index (χ0v) is 17.0. The second-order valence-corrected chi connectivity index (χ2v) is 9.94. The first kappa shape index (κ1) is 20.2. The van der Waals surface area contributed by atoms with Crippen molar-refractivity contribution in [1.82, 2.24) is 18.9 Å². The number of rotatable bonds is 5. The SMILES string of the molecule is C[C@@H]1C[C@H](C)CN(S(=O)(=O)N2CCC[C@H](C(=O)NCc3ccccn3)C2)C1. The molecule has 7 nitrogen and oxygen atoms in total. The predicted molar refractivity (Wildman–Crippen MR) is 104 cm³/mol. The van der Waals surface area contributed by atoms with Gasteiger partial charge in [-0.2, -0.15) is 17.0 Å². The number of carbonyl (C=O) groups excluding carboxylic acids is 1. The Morgan fingerprint density at radius 3 is 2.59 bits per heavy atom. The molecule has 0 unspecified atom stereocenters. The first-order valence-corrected chi connectivity index (χ1v) is 11.2. The number of hydrogen-bond acceptors (Lipinski definition) is 4. The number of nitrogens with zero attached hydrogens (tertiary/aromatic N) is 3. The molecule has 2 aliphatic heterocycles. The van der Waals surface area contributed by atoms with Gasteiger partial charge < -0.3 is 5.32 Å². The molecule has 3 heterocycles. The average Bonchev–Trinajstić information content (AvgIpc) is 2.66. The quantitative estimate of drug-likeness (QED) is 0.823. The predicted octanol–water partition coefficient (Wildman–Crippen LogP) is 1.63. The van der Waals surface area contributed by atoms with Gasteiger partial charge in [0, 0.05) is 32.4 Å². The summed E-state index contributed by atoms with van der Waals surface area (Å²) in [5, 5.41) is 2.90. The number of carbonyl (C=O) groups is 1. The fourth-order valence-electron chi connectivity index (χ4n) is 4.15. The maximum atomic E-state index is 13.1. The Labute approximate surface area is 162 Å². The highest BCUT2D eigenvalue weighted by Crippen LogP contribution is 2.27. The van der Waals surface area contributed by atoms with Gasteiger partial charge in [-0.15, -0.1) is 0 Å². The minimum Gasteiger partial charge on any atom is -0.350 e. The van der Waals surface area contributed by atoms with Crippen molar-refractivity contribution in [3.63, 3.8) is 0 Å². The topological polar surface area (TPSA) is 82.6 Å². The smallest absolute Gasteiger partial charge is 0.282 e. The maximum Gasteiger partial charge on any atom is 0.282 e. The molecule has 0 spiro atoms. The summed E-state index contributed by atoms with van der Waals surface area (Å²) >= 11 is 0. The Bertz CT molecular complexity index is 731. The maximum absolute atomic E-state index is 13.1. The summed E-state index contributed by atoms with van der Waals surface area (Å²) in [7, 11) is -3.51. The van der Waals surface area contributed by atoms with E-state index in [4.69, 9.17) is 0 Å². The number of aromatic nitrogens is 1. The van der Waals surface area contributed by atoms with E-state index in [1.165, 1.54) is 4.31 Å². The fraction of sp³-hybridized carbons (Fsp3) is 0.684. The molecule has 0 saturated carbocycles. The van der Waals surface area contributed by atoms with E-state index in [1.807, 2.05) is 18.2 Å². The van der Waals surface area contributed by atoms with Crippen molar-refractivity contribution in [3.8, 4) is 0 Å². The van der Waals surface area contributed by atoms with E-state index in [9.17, 15) is 13.2 Å². The van der Waals surface area contributed by atoms with Crippen LogP contribution in [-0.2, 0) is 21.5 Å². The van der Waals surface area contributed by atoms with Gasteiger partial charge in [0.15, 0.2) is 0 Å². The van der Waals surface area contributed by atoms with Gasteiger partial charge >= 0.3 is 0 Å². The van der Waals surface area contributed by atoms with Crippen LogP contribution in [-0.4, -0.2) is 54.1 Å². The summed E-state index contributed by atoms with van der Waals surface area (Å²) in [4.78, 5) is 16.7. The standard InChI is InChI=1S/C19H30N4O3S/c1-15-10-16(2)13-23(12-15)27(25,26)22-9-5-6-17(14-22)19(24)21-11-18-7-3-4-8-20-18/h3-4,7-8,15-17H,5-6,9-14H2,1-2H3,(H,21,24)/t15-,16+,17-/m0/s1. The molecule has 0 radical (unpaired) electrons. The second kappa shape index (κ2) is 8.67. The molecule has 0 bridgehead atoms. The molecule has 3 atom stereocenters. The number of hydrogen-bond donors (Lipinski definition) is 1. The molecule has 8 heteroatoms. The van der Waals surface area contributed by atoms with Crippen LogP contribution >= 0.6 is 0 Å². The van der Waals surface area contributed by atoms with Gasteiger partial charge in [0.2, 0.25) is 5.91 Å². The minimum absolute atomic E-state index is 0.0964. The summed E-state index contributed by atoms with van der Waals surface area (Å²) in [5.41, 5.74) is 0.794.